The first-order valence-corrected chi connectivity index (χ1v) is 7.73. The van der Waals surface area contributed by atoms with Gasteiger partial charge in [0.25, 0.3) is 0 Å². The summed E-state index contributed by atoms with van der Waals surface area (Å²) in [5.41, 5.74) is 0. The molecule has 0 spiro atoms. The van der Waals surface area contributed by atoms with Gasteiger partial charge in [-0.05, 0) is 12.8 Å². The van der Waals surface area contributed by atoms with E-state index >= 15 is 0 Å². The SMILES string of the molecule is OCCCCCCCCCCCCC1COCO1. The van der Waals surface area contributed by atoms with E-state index in [1.807, 2.05) is 0 Å². The van der Waals surface area contributed by atoms with E-state index in [0.717, 1.165) is 13.0 Å². The zero-order chi connectivity index (χ0) is 12.9. The van der Waals surface area contributed by atoms with Crippen molar-refractivity contribution >= 4 is 0 Å². The van der Waals surface area contributed by atoms with E-state index in [0.29, 0.717) is 19.5 Å². The molecule has 3 heteroatoms. The van der Waals surface area contributed by atoms with Gasteiger partial charge in [-0.25, -0.2) is 0 Å². The molecule has 0 bridgehead atoms. The van der Waals surface area contributed by atoms with Crippen LogP contribution in [0.25, 0.3) is 0 Å². The van der Waals surface area contributed by atoms with Crippen LogP contribution >= 0.6 is 0 Å². The summed E-state index contributed by atoms with van der Waals surface area (Å²) in [5, 5.41) is 8.65. The smallest absolute Gasteiger partial charge is 0.147 e. The van der Waals surface area contributed by atoms with Crippen molar-refractivity contribution in [1.82, 2.24) is 0 Å². The van der Waals surface area contributed by atoms with Gasteiger partial charge in [0.05, 0.1) is 12.7 Å². The lowest BCUT2D eigenvalue weighted by molar-refractivity contribution is 0.0440. The minimum Gasteiger partial charge on any atom is -0.396 e. The molecule has 0 aromatic carbocycles. The Hall–Kier alpha value is -0.120. The lowest BCUT2D eigenvalue weighted by Gasteiger charge is -2.06. The first kappa shape index (κ1) is 15.9. The van der Waals surface area contributed by atoms with Crippen molar-refractivity contribution in [3.63, 3.8) is 0 Å². The van der Waals surface area contributed by atoms with Crippen molar-refractivity contribution in [3.05, 3.63) is 0 Å². The van der Waals surface area contributed by atoms with Crippen LogP contribution in [0.3, 0.4) is 0 Å². The van der Waals surface area contributed by atoms with Crippen LogP contribution in [0.4, 0.5) is 0 Å². The molecule has 1 unspecified atom stereocenters. The molecule has 1 saturated heterocycles. The largest absolute Gasteiger partial charge is 0.396 e. The predicted molar refractivity (Wildman–Crippen MR) is 73.6 cm³/mol. The maximum absolute atomic E-state index is 8.65. The van der Waals surface area contributed by atoms with E-state index < -0.39 is 0 Å². The summed E-state index contributed by atoms with van der Waals surface area (Å²) in [7, 11) is 0. The quantitative estimate of drug-likeness (QED) is 0.543. The van der Waals surface area contributed by atoms with Crippen molar-refractivity contribution in [2.75, 3.05) is 20.0 Å². The monoisotopic (exact) mass is 258 g/mol. The second-order valence-electron chi connectivity index (χ2n) is 5.33. The molecule has 0 aliphatic carbocycles. The summed E-state index contributed by atoms with van der Waals surface area (Å²) in [6, 6.07) is 0. The first-order valence-electron chi connectivity index (χ1n) is 7.73. The zero-order valence-electron chi connectivity index (χ0n) is 11.7. The van der Waals surface area contributed by atoms with E-state index in [2.05, 4.69) is 0 Å². The lowest BCUT2D eigenvalue weighted by Crippen LogP contribution is -2.08. The maximum atomic E-state index is 8.65. The molecule has 1 atom stereocenters. The normalized spacial score (nSPS) is 19.5. The number of aliphatic hydroxyl groups excluding tert-OH is 1. The second kappa shape index (κ2) is 11.9. The molecule has 108 valence electrons. The maximum Gasteiger partial charge on any atom is 0.147 e. The lowest BCUT2D eigenvalue weighted by atomic mass is 10.0. The highest BCUT2D eigenvalue weighted by Gasteiger charge is 2.14. The molecule has 3 nitrogen and oxygen atoms in total. The third-order valence-electron chi connectivity index (χ3n) is 3.63. The minimum atomic E-state index is 0.357. The van der Waals surface area contributed by atoms with Crippen LogP contribution in [0.5, 0.6) is 0 Å². The van der Waals surface area contributed by atoms with Crippen molar-refractivity contribution in [3.8, 4) is 0 Å². The second-order valence-corrected chi connectivity index (χ2v) is 5.33. The van der Waals surface area contributed by atoms with E-state index in [4.69, 9.17) is 14.6 Å². The van der Waals surface area contributed by atoms with Gasteiger partial charge in [-0.3, -0.25) is 0 Å². The van der Waals surface area contributed by atoms with E-state index in [9.17, 15) is 0 Å². The Labute approximate surface area is 112 Å². The Kier molecular flexibility index (Phi) is 10.6. The standard InChI is InChI=1S/C15H30O3/c16-12-10-8-6-4-2-1-3-5-7-9-11-15-13-17-14-18-15/h15-16H,1-14H2. The average molecular weight is 258 g/mol. The van der Waals surface area contributed by atoms with Gasteiger partial charge in [0.1, 0.15) is 6.79 Å². The summed E-state index contributed by atoms with van der Waals surface area (Å²) in [4.78, 5) is 0. The molecule has 1 aliphatic rings. The number of hydrogen-bond donors (Lipinski definition) is 1. The molecule has 0 aromatic rings. The summed E-state index contributed by atoms with van der Waals surface area (Å²) < 4.78 is 10.6. The van der Waals surface area contributed by atoms with Crippen LogP contribution in [0.1, 0.15) is 70.6 Å². The fraction of sp³-hybridized carbons (Fsp3) is 1.00. The van der Waals surface area contributed by atoms with Crippen LogP contribution < -0.4 is 0 Å². The molecular formula is C15H30O3. The Balaban J connectivity index is 1.68. The molecule has 1 heterocycles. The van der Waals surface area contributed by atoms with Gasteiger partial charge in [-0.1, -0.05) is 57.8 Å². The van der Waals surface area contributed by atoms with E-state index in [1.54, 1.807) is 0 Å². The van der Waals surface area contributed by atoms with Crippen LogP contribution in [-0.4, -0.2) is 31.2 Å². The van der Waals surface area contributed by atoms with Gasteiger partial charge in [-0.2, -0.15) is 0 Å². The molecule has 1 N–H and O–H groups in total. The van der Waals surface area contributed by atoms with Crippen molar-refractivity contribution in [2.24, 2.45) is 0 Å². The van der Waals surface area contributed by atoms with Crippen LogP contribution in [-0.2, 0) is 9.47 Å². The van der Waals surface area contributed by atoms with Crippen molar-refractivity contribution < 1.29 is 14.6 Å². The first-order chi connectivity index (χ1) is 8.93. The Morgan fingerprint density at radius 1 is 0.778 bits per heavy atom. The summed E-state index contributed by atoms with van der Waals surface area (Å²) in [5.74, 6) is 0. The third-order valence-corrected chi connectivity index (χ3v) is 3.63. The van der Waals surface area contributed by atoms with Crippen molar-refractivity contribution in [2.45, 2.75) is 76.7 Å². The molecule has 18 heavy (non-hydrogen) atoms. The predicted octanol–water partition coefficient (Wildman–Crippen LogP) is 3.64. The van der Waals surface area contributed by atoms with Crippen LogP contribution in [0, 0.1) is 0 Å². The molecular weight excluding hydrogens is 228 g/mol. The molecule has 1 rings (SSSR count). The third kappa shape index (κ3) is 8.90. The molecule has 0 saturated carbocycles. The van der Waals surface area contributed by atoms with Gasteiger partial charge in [0, 0.05) is 6.61 Å². The van der Waals surface area contributed by atoms with Gasteiger partial charge in [-0.15, -0.1) is 0 Å². The highest BCUT2D eigenvalue weighted by atomic mass is 16.7. The Bertz CT molecular complexity index is 167. The number of rotatable bonds is 12. The molecule has 0 amide bonds. The van der Waals surface area contributed by atoms with Crippen LogP contribution in [0.2, 0.25) is 0 Å². The highest BCUT2D eigenvalue weighted by Crippen LogP contribution is 2.14. The molecule has 0 aromatic heterocycles. The topological polar surface area (TPSA) is 38.7 Å². The van der Waals surface area contributed by atoms with Gasteiger partial charge in [0.2, 0.25) is 0 Å². The summed E-state index contributed by atoms with van der Waals surface area (Å²) in [6.45, 7) is 1.66. The van der Waals surface area contributed by atoms with Gasteiger partial charge in [0.15, 0.2) is 0 Å². The van der Waals surface area contributed by atoms with Crippen molar-refractivity contribution in [1.29, 1.82) is 0 Å². The zero-order valence-corrected chi connectivity index (χ0v) is 11.7. The Morgan fingerprint density at radius 3 is 1.83 bits per heavy atom. The molecule has 1 aliphatic heterocycles. The summed E-state index contributed by atoms with van der Waals surface area (Å²) >= 11 is 0. The highest BCUT2D eigenvalue weighted by molar-refractivity contribution is 4.60. The van der Waals surface area contributed by atoms with Gasteiger partial charge < -0.3 is 14.6 Å². The fourth-order valence-electron chi connectivity index (χ4n) is 2.44. The van der Waals surface area contributed by atoms with Gasteiger partial charge >= 0.3 is 0 Å². The van der Waals surface area contributed by atoms with Crippen LogP contribution in [0.15, 0.2) is 0 Å². The summed E-state index contributed by atoms with van der Waals surface area (Å²) in [6.07, 6.45) is 14.5. The number of aliphatic hydroxyl groups is 1. The van der Waals surface area contributed by atoms with E-state index in [-0.39, 0.29) is 0 Å². The number of hydrogen-bond acceptors (Lipinski definition) is 3. The number of ether oxygens (including phenoxy) is 2. The fourth-order valence-corrected chi connectivity index (χ4v) is 2.44. The number of unbranched alkanes of at least 4 members (excludes halogenated alkanes) is 9. The Morgan fingerprint density at radius 2 is 1.33 bits per heavy atom. The van der Waals surface area contributed by atoms with E-state index in [1.165, 1.54) is 64.2 Å². The molecule has 0 radical (unpaired) electrons. The molecule has 1 fully saturated rings. The average Bonchev–Trinajstić information content (AvgIpc) is 2.89. The minimum absolute atomic E-state index is 0.357.